The lowest BCUT2D eigenvalue weighted by molar-refractivity contribution is 0.247. The van der Waals surface area contributed by atoms with Crippen LogP contribution in [0.3, 0.4) is 0 Å². The Morgan fingerprint density at radius 3 is 2.85 bits per heavy atom. The van der Waals surface area contributed by atoms with E-state index in [1.165, 1.54) is 0 Å². The molecule has 2 aliphatic rings. The minimum atomic E-state index is -0.339. The van der Waals surface area contributed by atoms with E-state index in [1.54, 1.807) is 12.3 Å². The number of hydrogen-bond acceptors (Lipinski definition) is 5. The van der Waals surface area contributed by atoms with Crippen LogP contribution >= 0.6 is 0 Å². The first-order chi connectivity index (χ1) is 13.1. The number of benzene rings is 1. The zero-order chi connectivity index (χ0) is 18.8. The van der Waals surface area contributed by atoms with Gasteiger partial charge in [-0.15, -0.1) is 0 Å². The molecule has 0 spiro atoms. The number of nitrogen functional groups attached to an aromatic ring is 1. The third-order valence-corrected chi connectivity index (χ3v) is 4.95. The van der Waals surface area contributed by atoms with Gasteiger partial charge in [0.05, 0.1) is 12.6 Å². The maximum Gasteiger partial charge on any atom is 0.320 e. The molecule has 27 heavy (non-hydrogen) atoms. The molecule has 1 aromatic carbocycles. The number of nitrogens with zero attached hydrogens (tertiary/aromatic N) is 1. The summed E-state index contributed by atoms with van der Waals surface area (Å²) in [5.41, 5.74) is 8.69. The lowest BCUT2D eigenvalue weighted by Crippen LogP contribution is -2.32. The maximum absolute atomic E-state index is 12.5. The number of nitrogens with two attached hydrogens (primary N) is 1. The van der Waals surface area contributed by atoms with Crippen molar-refractivity contribution in [3.05, 3.63) is 47.7 Å². The van der Waals surface area contributed by atoms with E-state index in [0.717, 1.165) is 37.0 Å². The number of para-hydroxylation sites is 1. The Morgan fingerprint density at radius 2 is 2.07 bits per heavy atom. The Labute approximate surface area is 157 Å². The number of rotatable bonds is 4. The number of nitrogens with one attached hydrogen (secondary N) is 3. The fourth-order valence-electron chi connectivity index (χ4n) is 3.34. The van der Waals surface area contributed by atoms with Crippen LogP contribution in [0.5, 0.6) is 5.75 Å². The van der Waals surface area contributed by atoms with Crippen molar-refractivity contribution in [2.75, 3.05) is 17.7 Å². The molecule has 1 saturated carbocycles. The average Bonchev–Trinajstić information content (AvgIpc) is 3.49. The quantitative estimate of drug-likeness (QED) is 0.621. The van der Waals surface area contributed by atoms with Gasteiger partial charge in [0.15, 0.2) is 0 Å². The Morgan fingerprint density at radius 1 is 1.26 bits per heavy atom. The number of hydrogen-bond donors (Lipinski definition) is 4. The molecule has 4 rings (SSSR count). The average molecular weight is 365 g/mol. The fraction of sp³-hybridized carbons (Fsp3) is 0.350. The largest absolute Gasteiger partial charge is 0.493 e. The van der Waals surface area contributed by atoms with E-state index in [0.29, 0.717) is 35.3 Å². The predicted octanol–water partition coefficient (Wildman–Crippen LogP) is 3.48. The molecule has 1 fully saturated rings. The summed E-state index contributed by atoms with van der Waals surface area (Å²) in [7, 11) is 0. The number of pyridine rings is 1. The van der Waals surface area contributed by atoms with Gasteiger partial charge in [-0.05, 0) is 31.7 Å². The number of amides is 2. The van der Waals surface area contributed by atoms with Crippen molar-refractivity contribution in [2.45, 2.75) is 31.7 Å². The summed E-state index contributed by atoms with van der Waals surface area (Å²) in [5, 5.41) is 13.9. The predicted molar refractivity (Wildman–Crippen MR) is 104 cm³/mol. The molecule has 0 bridgehead atoms. The van der Waals surface area contributed by atoms with Gasteiger partial charge in [-0.25, -0.2) is 9.78 Å². The van der Waals surface area contributed by atoms with Crippen LogP contribution in [0.25, 0.3) is 0 Å². The van der Waals surface area contributed by atoms with E-state index >= 15 is 0 Å². The number of aromatic nitrogens is 1. The molecule has 0 saturated heterocycles. The Balaban J connectivity index is 1.44. The van der Waals surface area contributed by atoms with Crippen LogP contribution in [0.4, 0.5) is 16.3 Å². The number of carbonyl (C=O) groups is 1. The highest BCUT2D eigenvalue weighted by Gasteiger charge is 2.28. The Hall–Kier alpha value is -3.09. The number of ether oxygens (including phenoxy) is 1. The molecule has 7 nitrogen and oxygen atoms in total. The van der Waals surface area contributed by atoms with E-state index < -0.39 is 0 Å². The zero-order valence-electron chi connectivity index (χ0n) is 15.0. The Bertz CT molecular complexity index is 878. The van der Waals surface area contributed by atoms with Gasteiger partial charge in [-0.1, -0.05) is 18.2 Å². The summed E-state index contributed by atoms with van der Waals surface area (Å²) in [6, 6.07) is 8.90. The van der Waals surface area contributed by atoms with Crippen molar-refractivity contribution in [3.8, 4) is 5.75 Å². The molecule has 1 aliphatic carbocycles. The second-order valence-electron chi connectivity index (χ2n) is 7.02. The highest BCUT2D eigenvalue weighted by molar-refractivity contribution is 6.05. The minimum absolute atomic E-state index is 0.122. The normalized spacial score (nSPS) is 18.6. The van der Waals surface area contributed by atoms with Gasteiger partial charge in [-0.3, -0.25) is 5.32 Å². The standard InChI is InChI=1S/C20H23N5O2/c21-15-10-18(23-11-14(15)19(22)12-7-8-12)25-20(26)24-16-5-3-9-27-17-6-2-1-4-13(16)17/h1-2,4,6,10-12,16,22H,3,5,7-9H2,(H4,21,23,24,25,26). The maximum atomic E-state index is 12.5. The summed E-state index contributed by atoms with van der Waals surface area (Å²) < 4.78 is 5.73. The van der Waals surface area contributed by atoms with Crippen molar-refractivity contribution in [1.82, 2.24) is 10.3 Å². The topological polar surface area (TPSA) is 113 Å². The molecule has 1 aliphatic heterocycles. The van der Waals surface area contributed by atoms with Crippen molar-refractivity contribution in [3.63, 3.8) is 0 Å². The molecule has 1 unspecified atom stereocenters. The second kappa shape index (κ2) is 7.26. The van der Waals surface area contributed by atoms with Crippen LogP contribution in [-0.4, -0.2) is 23.3 Å². The van der Waals surface area contributed by atoms with Crippen molar-refractivity contribution >= 4 is 23.2 Å². The molecular formula is C20H23N5O2. The highest BCUT2D eigenvalue weighted by Crippen LogP contribution is 2.34. The monoisotopic (exact) mass is 365 g/mol. The van der Waals surface area contributed by atoms with Crippen molar-refractivity contribution in [2.24, 2.45) is 5.92 Å². The summed E-state index contributed by atoms with van der Waals surface area (Å²) in [5.74, 6) is 1.48. The molecule has 1 atom stereocenters. The second-order valence-corrected chi connectivity index (χ2v) is 7.02. The van der Waals surface area contributed by atoms with Gasteiger partial charge in [0.1, 0.15) is 11.6 Å². The van der Waals surface area contributed by atoms with Crippen molar-refractivity contribution in [1.29, 1.82) is 5.41 Å². The molecule has 140 valence electrons. The van der Waals surface area contributed by atoms with Gasteiger partial charge < -0.3 is 21.2 Å². The summed E-state index contributed by atoms with van der Waals surface area (Å²) >= 11 is 0. The third kappa shape index (κ3) is 3.86. The number of fused-ring (bicyclic) bond motifs is 1. The first-order valence-electron chi connectivity index (χ1n) is 9.25. The van der Waals surface area contributed by atoms with Gasteiger partial charge in [0, 0.05) is 40.7 Å². The highest BCUT2D eigenvalue weighted by atomic mass is 16.5. The van der Waals surface area contributed by atoms with E-state index in [1.807, 2.05) is 24.3 Å². The van der Waals surface area contributed by atoms with Crippen LogP contribution < -0.4 is 21.1 Å². The molecule has 2 heterocycles. The van der Waals surface area contributed by atoms with Gasteiger partial charge >= 0.3 is 6.03 Å². The molecule has 7 heteroatoms. The minimum Gasteiger partial charge on any atom is -0.493 e. The van der Waals surface area contributed by atoms with Crippen LogP contribution in [0, 0.1) is 11.3 Å². The molecule has 0 radical (unpaired) electrons. The first kappa shape index (κ1) is 17.3. The lowest BCUT2D eigenvalue weighted by atomic mass is 10.0. The molecule has 5 N–H and O–H groups in total. The van der Waals surface area contributed by atoms with E-state index in [2.05, 4.69) is 15.6 Å². The van der Waals surface area contributed by atoms with Crippen LogP contribution in [0.1, 0.15) is 42.9 Å². The summed E-state index contributed by atoms with van der Waals surface area (Å²) in [6.45, 7) is 0.642. The molecular weight excluding hydrogens is 342 g/mol. The molecule has 2 aromatic rings. The fourth-order valence-corrected chi connectivity index (χ4v) is 3.34. The summed E-state index contributed by atoms with van der Waals surface area (Å²) in [6.07, 6.45) is 5.31. The first-order valence-corrected chi connectivity index (χ1v) is 9.25. The third-order valence-electron chi connectivity index (χ3n) is 4.95. The molecule has 1 aromatic heterocycles. The van der Waals surface area contributed by atoms with Crippen molar-refractivity contribution < 1.29 is 9.53 Å². The van der Waals surface area contributed by atoms with Crippen LogP contribution in [0.15, 0.2) is 36.5 Å². The van der Waals surface area contributed by atoms with Crippen LogP contribution in [0.2, 0.25) is 0 Å². The SMILES string of the molecule is N=C(c1cnc(NC(=O)NC2CCCOc3ccccc32)cc1N)C1CC1. The van der Waals surface area contributed by atoms with E-state index in [9.17, 15) is 4.79 Å². The van der Waals surface area contributed by atoms with E-state index in [-0.39, 0.29) is 12.1 Å². The van der Waals surface area contributed by atoms with Crippen LogP contribution in [-0.2, 0) is 0 Å². The zero-order valence-corrected chi connectivity index (χ0v) is 15.0. The lowest BCUT2D eigenvalue weighted by Gasteiger charge is -2.18. The van der Waals surface area contributed by atoms with Gasteiger partial charge in [0.2, 0.25) is 0 Å². The molecule has 2 amide bonds. The van der Waals surface area contributed by atoms with E-state index in [4.69, 9.17) is 15.9 Å². The summed E-state index contributed by atoms with van der Waals surface area (Å²) in [4.78, 5) is 16.7. The van der Waals surface area contributed by atoms with Gasteiger partial charge in [0.25, 0.3) is 0 Å². The Kier molecular flexibility index (Phi) is 4.66. The number of carbonyl (C=O) groups excluding carboxylic acids is 1. The smallest absolute Gasteiger partial charge is 0.320 e. The van der Waals surface area contributed by atoms with Gasteiger partial charge in [-0.2, -0.15) is 0 Å². The number of urea groups is 1. The number of anilines is 2.